The lowest BCUT2D eigenvalue weighted by atomic mass is 9.72. The van der Waals surface area contributed by atoms with Crippen molar-refractivity contribution in [1.29, 1.82) is 0 Å². The maximum Gasteiger partial charge on any atom is 0.317 e. The van der Waals surface area contributed by atoms with Gasteiger partial charge in [0.25, 0.3) is 0 Å². The fraction of sp³-hybridized carbons (Fsp3) is 0.545. The molecule has 0 saturated carbocycles. The third kappa shape index (κ3) is 1.98. The van der Waals surface area contributed by atoms with Gasteiger partial charge in [-0.15, -0.1) is 0 Å². The molecule has 1 rings (SSSR count). The van der Waals surface area contributed by atoms with Gasteiger partial charge in [0, 0.05) is 0 Å². The van der Waals surface area contributed by atoms with Crippen LogP contribution in [-0.4, -0.2) is 23.1 Å². The van der Waals surface area contributed by atoms with Crippen LogP contribution in [0.5, 0.6) is 0 Å². The molecular weight excluding hydrogens is 196 g/mol. The van der Waals surface area contributed by atoms with E-state index in [1.165, 1.54) is 6.92 Å². The number of carboxylic acid groups (broad SMARTS) is 1. The van der Waals surface area contributed by atoms with Crippen LogP contribution in [0.1, 0.15) is 26.2 Å². The van der Waals surface area contributed by atoms with E-state index in [9.17, 15) is 14.4 Å². The summed E-state index contributed by atoms with van der Waals surface area (Å²) in [6, 6.07) is 0. The van der Waals surface area contributed by atoms with Crippen LogP contribution in [0.15, 0.2) is 12.2 Å². The molecule has 2 unspecified atom stereocenters. The van der Waals surface area contributed by atoms with E-state index in [4.69, 9.17) is 5.11 Å². The van der Waals surface area contributed by atoms with Gasteiger partial charge in [-0.2, -0.15) is 0 Å². The molecule has 0 amide bonds. The van der Waals surface area contributed by atoms with Crippen LogP contribution in [0.4, 0.5) is 0 Å². The molecule has 15 heavy (non-hydrogen) atoms. The lowest BCUT2D eigenvalue weighted by molar-refractivity contribution is -0.156. The molecule has 4 heteroatoms. The topological polar surface area (TPSA) is 71.4 Å². The first-order valence-corrected chi connectivity index (χ1v) is 4.90. The van der Waals surface area contributed by atoms with Gasteiger partial charge in [-0.25, -0.2) is 0 Å². The molecule has 0 aromatic carbocycles. The number of carbonyl (C=O) groups excluding carboxylic acids is 2. The summed E-state index contributed by atoms with van der Waals surface area (Å²) < 4.78 is 0. The van der Waals surface area contributed by atoms with E-state index in [0.29, 0.717) is 12.7 Å². The first-order chi connectivity index (χ1) is 7.03. The third-order valence-electron chi connectivity index (χ3n) is 3.05. The van der Waals surface area contributed by atoms with Gasteiger partial charge in [0.05, 0.1) is 6.42 Å². The molecule has 0 radical (unpaired) electrons. The van der Waals surface area contributed by atoms with E-state index < -0.39 is 17.2 Å². The Morgan fingerprint density at radius 3 is 2.67 bits per heavy atom. The first kappa shape index (κ1) is 11.6. The molecular formula is C11H14O4. The Bertz CT molecular complexity index is 319. The molecule has 4 nitrogen and oxygen atoms in total. The predicted molar refractivity (Wildman–Crippen MR) is 53.3 cm³/mol. The zero-order valence-corrected chi connectivity index (χ0v) is 8.60. The van der Waals surface area contributed by atoms with Gasteiger partial charge in [0.2, 0.25) is 0 Å². The molecule has 1 aliphatic carbocycles. The highest BCUT2D eigenvalue weighted by molar-refractivity contribution is 6.07. The molecule has 1 aliphatic rings. The number of hydrogen-bond donors (Lipinski definition) is 1. The van der Waals surface area contributed by atoms with Crippen molar-refractivity contribution in [3.8, 4) is 0 Å². The van der Waals surface area contributed by atoms with Crippen LogP contribution < -0.4 is 0 Å². The Kier molecular flexibility index (Phi) is 3.39. The Balaban J connectivity index is 2.96. The lowest BCUT2D eigenvalue weighted by Crippen LogP contribution is -2.42. The highest BCUT2D eigenvalue weighted by Crippen LogP contribution is 2.37. The summed E-state index contributed by atoms with van der Waals surface area (Å²) >= 11 is 0. The van der Waals surface area contributed by atoms with Crippen molar-refractivity contribution in [3.05, 3.63) is 12.2 Å². The first-order valence-electron chi connectivity index (χ1n) is 4.90. The predicted octanol–water partition coefficient (Wildman–Crippen LogP) is 1.20. The molecule has 0 aliphatic heterocycles. The maximum absolute atomic E-state index is 11.6. The van der Waals surface area contributed by atoms with Gasteiger partial charge in [-0.3, -0.25) is 9.59 Å². The highest BCUT2D eigenvalue weighted by Gasteiger charge is 2.46. The van der Waals surface area contributed by atoms with E-state index in [-0.39, 0.29) is 12.3 Å². The van der Waals surface area contributed by atoms with Crippen molar-refractivity contribution in [1.82, 2.24) is 0 Å². The minimum Gasteiger partial charge on any atom is -0.480 e. The zero-order valence-electron chi connectivity index (χ0n) is 8.60. The Labute approximate surface area is 88.0 Å². The standard InChI is InChI=1S/C11H14O4/c1-11(10(14)15,9(13)6-7-12)8-4-2-3-5-8/h2,4,7-8H,3,5-6H2,1H3,(H,14,15). The normalized spacial score (nSPS) is 23.4. The Morgan fingerprint density at radius 1 is 1.60 bits per heavy atom. The third-order valence-corrected chi connectivity index (χ3v) is 3.05. The van der Waals surface area contributed by atoms with Gasteiger partial charge in [-0.05, 0) is 25.7 Å². The van der Waals surface area contributed by atoms with Crippen LogP contribution in [0, 0.1) is 11.3 Å². The van der Waals surface area contributed by atoms with Crippen molar-refractivity contribution in [2.24, 2.45) is 11.3 Å². The highest BCUT2D eigenvalue weighted by atomic mass is 16.4. The molecule has 1 N–H and O–H groups in total. The molecule has 0 bridgehead atoms. The fourth-order valence-electron chi connectivity index (χ4n) is 1.89. The number of Topliss-reactive ketones (excluding diaryl/α,β-unsaturated/α-hetero) is 1. The number of aliphatic carboxylic acids is 1. The van der Waals surface area contributed by atoms with Gasteiger partial charge < -0.3 is 9.90 Å². The van der Waals surface area contributed by atoms with Gasteiger partial charge in [-0.1, -0.05) is 12.2 Å². The average molecular weight is 210 g/mol. The summed E-state index contributed by atoms with van der Waals surface area (Å²) in [7, 11) is 0. The van der Waals surface area contributed by atoms with Crippen LogP contribution in [0.2, 0.25) is 0 Å². The number of carboxylic acids is 1. The largest absolute Gasteiger partial charge is 0.480 e. The Morgan fingerprint density at radius 2 is 2.27 bits per heavy atom. The van der Waals surface area contributed by atoms with Gasteiger partial charge in [0.15, 0.2) is 5.78 Å². The second-order valence-corrected chi connectivity index (χ2v) is 3.91. The monoisotopic (exact) mass is 210 g/mol. The molecule has 82 valence electrons. The fourth-order valence-corrected chi connectivity index (χ4v) is 1.89. The molecule has 0 fully saturated rings. The van der Waals surface area contributed by atoms with Crippen molar-refractivity contribution in [3.63, 3.8) is 0 Å². The van der Waals surface area contributed by atoms with Gasteiger partial charge >= 0.3 is 5.97 Å². The number of aldehydes is 1. The molecule has 0 aromatic heterocycles. The van der Waals surface area contributed by atoms with E-state index in [1.54, 1.807) is 6.08 Å². The number of allylic oxidation sites excluding steroid dienone is 2. The van der Waals surface area contributed by atoms with Crippen LogP contribution in [0.25, 0.3) is 0 Å². The minimum atomic E-state index is -1.45. The summed E-state index contributed by atoms with van der Waals surface area (Å²) in [5.74, 6) is -1.95. The quantitative estimate of drug-likeness (QED) is 0.420. The average Bonchev–Trinajstić information content (AvgIpc) is 2.69. The number of carbonyl (C=O) groups is 3. The maximum atomic E-state index is 11.6. The number of hydrogen-bond acceptors (Lipinski definition) is 3. The van der Waals surface area contributed by atoms with Crippen molar-refractivity contribution in [2.45, 2.75) is 26.2 Å². The van der Waals surface area contributed by atoms with Crippen molar-refractivity contribution < 1.29 is 19.5 Å². The molecule has 0 aromatic rings. The molecule has 0 spiro atoms. The van der Waals surface area contributed by atoms with E-state index in [1.807, 2.05) is 6.08 Å². The van der Waals surface area contributed by atoms with Crippen LogP contribution in [-0.2, 0) is 14.4 Å². The summed E-state index contributed by atoms with van der Waals surface area (Å²) in [4.78, 5) is 33.1. The molecule has 2 atom stereocenters. The second kappa shape index (κ2) is 4.38. The van der Waals surface area contributed by atoms with Crippen LogP contribution in [0.3, 0.4) is 0 Å². The number of ketones is 1. The van der Waals surface area contributed by atoms with E-state index in [0.717, 1.165) is 6.42 Å². The molecule has 0 heterocycles. The SMILES string of the molecule is CC(C(=O)O)(C(=O)CC=O)C1C=CCC1. The summed E-state index contributed by atoms with van der Waals surface area (Å²) in [6.45, 7) is 1.40. The lowest BCUT2D eigenvalue weighted by Gasteiger charge is -2.28. The van der Waals surface area contributed by atoms with Gasteiger partial charge in [0.1, 0.15) is 11.7 Å². The summed E-state index contributed by atoms with van der Waals surface area (Å²) in [5.41, 5.74) is -1.45. The zero-order chi connectivity index (χ0) is 11.5. The van der Waals surface area contributed by atoms with Crippen molar-refractivity contribution in [2.75, 3.05) is 0 Å². The van der Waals surface area contributed by atoms with Crippen molar-refractivity contribution >= 4 is 18.0 Å². The van der Waals surface area contributed by atoms with E-state index >= 15 is 0 Å². The summed E-state index contributed by atoms with van der Waals surface area (Å²) in [5, 5.41) is 9.12. The summed E-state index contributed by atoms with van der Waals surface area (Å²) in [6.07, 6.45) is 5.22. The number of rotatable bonds is 5. The second-order valence-electron chi connectivity index (χ2n) is 3.91. The Hall–Kier alpha value is -1.45. The minimum absolute atomic E-state index is 0.289. The smallest absolute Gasteiger partial charge is 0.317 e. The molecule has 0 saturated heterocycles. The van der Waals surface area contributed by atoms with Crippen LogP contribution >= 0.6 is 0 Å². The van der Waals surface area contributed by atoms with E-state index in [2.05, 4.69) is 0 Å².